The highest BCUT2D eigenvalue weighted by Gasteiger charge is 2.22. The van der Waals surface area contributed by atoms with Crippen molar-refractivity contribution < 1.29 is 19.8 Å². The van der Waals surface area contributed by atoms with Crippen LogP contribution in [0.4, 0.5) is 5.69 Å². The second kappa shape index (κ2) is 5.84. The molecule has 1 atom stereocenters. The van der Waals surface area contributed by atoms with E-state index in [2.05, 4.69) is 5.32 Å². The van der Waals surface area contributed by atoms with Gasteiger partial charge >= 0.3 is 5.97 Å². The van der Waals surface area contributed by atoms with E-state index in [1.54, 1.807) is 12.1 Å². The zero-order valence-electron chi connectivity index (χ0n) is 11.3. The Bertz CT molecular complexity index is 477. The summed E-state index contributed by atoms with van der Waals surface area (Å²) in [4.78, 5) is 22.2. The van der Waals surface area contributed by atoms with E-state index in [9.17, 15) is 14.7 Å². The lowest BCUT2D eigenvalue weighted by Gasteiger charge is -2.23. The number of benzene rings is 1. The highest BCUT2D eigenvalue weighted by atomic mass is 16.4. The van der Waals surface area contributed by atoms with E-state index in [1.165, 1.54) is 0 Å². The number of carbonyl (C=O) groups is 2. The number of aliphatic carboxylic acids is 1. The molecule has 19 heavy (non-hydrogen) atoms. The Morgan fingerprint density at radius 1 is 1.26 bits per heavy atom. The zero-order chi connectivity index (χ0) is 14.6. The van der Waals surface area contributed by atoms with Gasteiger partial charge in [0.15, 0.2) is 0 Å². The maximum atomic E-state index is 11.7. The lowest BCUT2D eigenvalue weighted by Crippen LogP contribution is -2.30. The summed E-state index contributed by atoms with van der Waals surface area (Å²) < 4.78 is 0. The quantitative estimate of drug-likeness (QED) is 0.774. The van der Waals surface area contributed by atoms with Crippen molar-refractivity contribution >= 4 is 17.6 Å². The molecule has 0 saturated heterocycles. The Morgan fingerprint density at radius 3 is 2.37 bits per heavy atom. The Labute approximate surface area is 112 Å². The summed E-state index contributed by atoms with van der Waals surface area (Å²) >= 11 is 0. The summed E-state index contributed by atoms with van der Waals surface area (Å²) in [6.45, 7) is 6.02. The minimum Gasteiger partial charge on any atom is -0.481 e. The van der Waals surface area contributed by atoms with Crippen LogP contribution in [0.5, 0.6) is 0 Å². The molecule has 0 aliphatic heterocycles. The molecule has 5 nitrogen and oxygen atoms in total. The van der Waals surface area contributed by atoms with Gasteiger partial charge in [0, 0.05) is 5.69 Å². The fraction of sp³-hybridized carbons (Fsp3) is 0.429. The second-order valence-electron chi connectivity index (χ2n) is 5.40. The van der Waals surface area contributed by atoms with E-state index in [-0.39, 0.29) is 5.41 Å². The van der Waals surface area contributed by atoms with E-state index >= 15 is 0 Å². The monoisotopic (exact) mass is 265 g/mol. The van der Waals surface area contributed by atoms with Gasteiger partial charge < -0.3 is 15.5 Å². The SMILES string of the molecule is CC(C)(C)c1ccccc1NC(=O)C(O)CC(=O)O. The Hall–Kier alpha value is -1.88. The third-order valence-electron chi connectivity index (χ3n) is 2.66. The number of aliphatic hydroxyl groups is 1. The van der Waals surface area contributed by atoms with Crippen LogP contribution >= 0.6 is 0 Å². The molecule has 0 radical (unpaired) electrons. The van der Waals surface area contributed by atoms with Crippen molar-refractivity contribution in [1.82, 2.24) is 0 Å². The van der Waals surface area contributed by atoms with E-state index in [0.717, 1.165) is 5.56 Å². The average Bonchev–Trinajstić information content (AvgIpc) is 2.27. The Kier molecular flexibility index (Phi) is 4.67. The number of carboxylic acids is 1. The van der Waals surface area contributed by atoms with Crippen molar-refractivity contribution in [2.24, 2.45) is 0 Å². The summed E-state index contributed by atoms with van der Waals surface area (Å²) in [5.41, 5.74) is 1.34. The highest BCUT2D eigenvalue weighted by Crippen LogP contribution is 2.29. The van der Waals surface area contributed by atoms with E-state index in [1.807, 2.05) is 32.9 Å². The fourth-order valence-electron chi connectivity index (χ4n) is 1.72. The van der Waals surface area contributed by atoms with Crippen molar-refractivity contribution in [1.29, 1.82) is 0 Å². The van der Waals surface area contributed by atoms with Crippen LogP contribution < -0.4 is 5.32 Å². The number of nitrogens with one attached hydrogen (secondary N) is 1. The average molecular weight is 265 g/mol. The van der Waals surface area contributed by atoms with Gasteiger partial charge in [0.1, 0.15) is 6.10 Å². The molecule has 0 spiro atoms. The standard InChI is InChI=1S/C14H19NO4/c1-14(2,3)9-6-4-5-7-10(9)15-13(19)11(16)8-12(17)18/h4-7,11,16H,8H2,1-3H3,(H,15,19)(H,17,18). The van der Waals surface area contributed by atoms with E-state index in [0.29, 0.717) is 5.69 Å². The normalized spacial score (nSPS) is 12.8. The molecule has 1 amide bonds. The van der Waals surface area contributed by atoms with Gasteiger partial charge in [-0.1, -0.05) is 39.0 Å². The van der Waals surface area contributed by atoms with E-state index in [4.69, 9.17) is 5.11 Å². The first-order valence-corrected chi connectivity index (χ1v) is 6.02. The van der Waals surface area contributed by atoms with Crippen molar-refractivity contribution in [3.05, 3.63) is 29.8 Å². The Morgan fingerprint density at radius 2 is 1.84 bits per heavy atom. The number of rotatable bonds is 4. The zero-order valence-corrected chi connectivity index (χ0v) is 11.3. The Balaban J connectivity index is 2.88. The predicted octanol–water partition coefficient (Wildman–Crippen LogP) is 1.76. The molecule has 104 valence electrons. The van der Waals surface area contributed by atoms with Crippen LogP contribution in [-0.2, 0) is 15.0 Å². The molecule has 0 saturated carbocycles. The molecule has 1 rings (SSSR count). The smallest absolute Gasteiger partial charge is 0.306 e. The van der Waals surface area contributed by atoms with Crippen molar-refractivity contribution in [2.75, 3.05) is 5.32 Å². The van der Waals surface area contributed by atoms with Crippen molar-refractivity contribution in [2.45, 2.75) is 38.7 Å². The lowest BCUT2D eigenvalue weighted by molar-refractivity contribution is -0.142. The van der Waals surface area contributed by atoms with Gasteiger partial charge in [-0.25, -0.2) is 0 Å². The van der Waals surface area contributed by atoms with Crippen LogP contribution in [0.15, 0.2) is 24.3 Å². The third-order valence-corrected chi connectivity index (χ3v) is 2.66. The number of para-hydroxylation sites is 1. The first-order chi connectivity index (χ1) is 8.71. The van der Waals surface area contributed by atoms with Crippen LogP contribution in [0.3, 0.4) is 0 Å². The second-order valence-corrected chi connectivity index (χ2v) is 5.40. The molecule has 3 N–H and O–H groups in total. The number of anilines is 1. The van der Waals surface area contributed by atoms with Crippen LogP contribution in [-0.4, -0.2) is 28.2 Å². The molecular weight excluding hydrogens is 246 g/mol. The number of amides is 1. The summed E-state index contributed by atoms with van der Waals surface area (Å²) in [6, 6.07) is 7.25. The minimum absolute atomic E-state index is 0.165. The highest BCUT2D eigenvalue weighted by molar-refractivity contribution is 5.96. The number of hydrogen-bond acceptors (Lipinski definition) is 3. The maximum absolute atomic E-state index is 11.7. The lowest BCUT2D eigenvalue weighted by atomic mass is 9.86. The van der Waals surface area contributed by atoms with Gasteiger partial charge in [-0.05, 0) is 17.0 Å². The number of carboxylic acid groups (broad SMARTS) is 1. The molecule has 0 aliphatic carbocycles. The molecule has 0 aromatic heterocycles. The first kappa shape index (κ1) is 15.2. The van der Waals surface area contributed by atoms with Crippen LogP contribution in [0, 0.1) is 0 Å². The number of carbonyl (C=O) groups excluding carboxylic acids is 1. The molecule has 1 aromatic carbocycles. The first-order valence-electron chi connectivity index (χ1n) is 6.02. The van der Waals surface area contributed by atoms with E-state index < -0.39 is 24.4 Å². The number of hydrogen-bond donors (Lipinski definition) is 3. The summed E-state index contributed by atoms with van der Waals surface area (Å²) in [6.07, 6.45) is -2.16. The predicted molar refractivity (Wildman–Crippen MR) is 72.0 cm³/mol. The van der Waals surface area contributed by atoms with Gasteiger partial charge in [0.05, 0.1) is 6.42 Å². The largest absolute Gasteiger partial charge is 0.481 e. The summed E-state index contributed by atoms with van der Waals surface area (Å²) in [5.74, 6) is -1.93. The summed E-state index contributed by atoms with van der Waals surface area (Å²) in [7, 11) is 0. The van der Waals surface area contributed by atoms with Crippen LogP contribution in [0.25, 0.3) is 0 Å². The van der Waals surface area contributed by atoms with Gasteiger partial charge in [-0.15, -0.1) is 0 Å². The van der Waals surface area contributed by atoms with Crippen LogP contribution in [0.1, 0.15) is 32.8 Å². The fourth-order valence-corrected chi connectivity index (χ4v) is 1.72. The molecule has 0 bridgehead atoms. The molecule has 0 fully saturated rings. The van der Waals surface area contributed by atoms with Crippen molar-refractivity contribution in [3.8, 4) is 0 Å². The summed E-state index contributed by atoms with van der Waals surface area (Å²) in [5, 5.41) is 20.6. The molecule has 5 heteroatoms. The van der Waals surface area contributed by atoms with Gasteiger partial charge in [-0.2, -0.15) is 0 Å². The molecule has 0 aliphatic rings. The molecule has 0 heterocycles. The molecule has 1 aromatic rings. The third kappa shape index (κ3) is 4.37. The molecule has 1 unspecified atom stereocenters. The number of aliphatic hydroxyl groups excluding tert-OH is 1. The van der Waals surface area contributed by atoms with Gasteiger partial charge in [-0.3, -0.25) is 9.59 Å². The van der Waals surface area contributed by atoms with Crippen molar-refractivity contribution in [3.63, 3.8) is 0 Å². The van der Waals surface area contributed by atoms with Gasteiger partial charge in [0.2, 0.25) is 0 Å². The topological polar surface area (TPSA) is 86.6 Å². The molecular formula is C14H19NO4. The maximum Gasteiger partial charge on any atom is 0.306 e. The minimum atomic E-state index is -1.55. The van der Waals surface area contributed by atoms with Gasteiger partial charge in [0.25, 0.3) is 5.91 Å². The van der Waals surface area contributed by atoms with Crippen LogP contribution in [0.2, 0.25) is 0 Å².